The van der Waals surface area contributed by atoms with E-state index < -0.39 is 21.7 Å². The fraction of sp³-hybridized carbons (Fsp3) is 0.385. The fourth-order valence-corrected chi connectivity index (χ4v) is 3.97. The maximum absolute atomic E-state index is 13.4. The van der Waals surface area contributed by atoms with Gasteiger partial charge in [0, 0.05) is 5.69 Å². The third-order valence-corrected chi connectivity index (χ3v) is 5.30. The first-order valence-electron chi connectivity index (χ1n) is 6.60. The van der Waals surface area contributed by atoms with Gasteiger partial charge in [-0.3, -0.25) is 15.6 Å². The van der Waals surface area contributed by atoms with Crippen LogP contribution in [-0.2, 0) is 14.6 Å². The van der Waals surface area contributed by atoms with Gasteiger partial charge in [0.25, 0.3) is 0 Å². The summed E-state index contributed by atoms with van der Waals surface area (Å²) >= 11 is 4.97. The van der Waals surface area contributed by atoms with E-state index in [0.29, 0.717) is 17.7 Å². The van der Waals surface area contributed by atoms with E-state index in [2.05, 4.69) is 16.2 Å². The molecule has 3 N–H and O–H groups in total. The van der Waals surface area contributed by atoms with Gasteiger partial charge in [-0.15, -0.1) is 0 Å². The molecule has 1 fully saturated rings. The topological polar surface area (TPSA) is 87.3 Å². The highest BCUT2D eigenvalue weighted by atomic mass is 32.2. The van der Waals surface area contributed by atoms with Crippen molar-refractivity contribution in [1.82, 2.24) is 10.9 Å². The zero-order valence-electron chi connectivity index (χ0n) is 11.8. The molecule has 0 bridgehead atoms. The summed E-state index contributed by atoms with van der Waals surface area (Å²) in [6, 6.07) is 4.54. The van der Waals surface area contributed by atoms with Crippen molar-refractivity contribution in [3.05, 3.63) is 29.6 Å². The molecule has 22 heavy (non-hydrogen) atoms. The minimum absolute atomic E-state index is 0.0242. The van der Waals surface area contributed by atoms with Crippen LogP contribution in [0.1, 0.15) is 12.0 Å². The fourth-order valence-electron chi connectivity index (χ4n) is 2.06. The Kier molecular flexibility index (Phi) is 4.97. The highest BCUT2D eigenvalue weighted by molar-refractivity contribution is 7.91. The van der Waals surface area contributed by atoms with E-state index in [-0.39, 0.29) is 22.4 Å². The minimum atomic E-state index is -3.12. The molecule has 1 aromatic carbocycles. The second-order valence-corrected chi connectivity index (χ2v) is 7.77. The summed E-state index contributed by atoms with van der Waals surface area (Å²) < 4.78 is 36.0. The molecular weight excluding hydrogens is 329 g/mol. The molecule has 0 aliphatic carbocycles. The van der Waals surface area contributed by atoms with E-state index in [0.717, 1.165) is 0 Å². The Morgan fingerprint density at radius 3 is 2.68 bits per heavy atom. The van der Waals surface area contributed by atoms with Gasteiger partial charge in [0.15, 0.2) is 14.9 Å². The Bertz CT molecular complexity index is 706. The van der Waals surface area contributed by atoms with Gasteiger partial charge in [0.1, 0.15) is 5.82 Å². The largest absolute Gasteiger partial charge is 0.331 e. The van der Waals surface area contributed by atoms with Crippen LogP contribution in [0.5, 0.6) is 0 Å². The zero-order valence-corrected chi connectivity index (χ0v) is 13.5. The Labute approximate surface area is 133 Å². The molecule has 0 aromatic heterocycles. The number of anilines is 1. The van der Waals surface area contributed by atoms with Crippen molar-refractivity contribution in [2.75, 3.05) is 16.8 Å². The lowest BCUT2D eigenvalue weighted by Gasteiger charge is -2.14. The normalized spacial score (nSPS) is 19.5. The summed E-state index contributed by atoms with van der Waals surface area (Å²) in [4.78, 5) is 11.8. The molecule has 1 aromatic rings. The number of hydrogen-bond acceptors (Lipinski definition) is 4. The van der Waals surface area contributed by atoms with Gasteiger partial charge < -0.3 is 5.32 Å². The molecule has 6 nitrogen and oxygen atoms in total. The number of amides is 1. The molecule has 1 heterocycles. The Balaban J connectivity index is 1.82. The molecule has 1 aliphatic heterocycles. The quantitative estimate of drug-likeness (QED) is 0.545. The summed E-state index contributed by atoms with van der Waals surface area (Å²) in [7, 11) is -3.12. The van der Waals surface area contributed by atoms with Crippen molar-refractivity contribution >= 4 is 38.8 Å². The molecule has 2 rings (SSSR count). The van der Waals surface area contributed by atoms with Crippen LogP contribution in [0.3, 0.4) is 0 Å². The number of rotatable bonds is 2. The zero-order chi connectivity index (χ0) is 16.3. The first kappa shape index (κ1) is 16.6. The third-order valence-electron chi connectivity index (χ3n) is 3.33. The predicted octanol–water partition coefficient (Wildman–Crippen LogP) is 0.886. The molecule has 1 aliphatic rings. The predicted molar refractivity (Wildman–Crippen MR) is 85.4 cm³/mol. The molecule has 0 unspecified atom stereocenters. The van der Waals surface area contributed by atoms with E-state index in [9.17, 15) is 17.6 Å². The number of aryl methyl sites for hydroxylation is 1. The first-order chi connectivity index (χ1) is 10.3. The summed E-state index contributed by atoms with van der Waals surface area (Å²) in [6.07, 6.45) is 0.305. The number of hydrogen-bond donors (Lipinski definition) is 3. The van der Waals surface area contributed by atoms with Crippen LogP contribution in [0, 0.1) is 18.7 Å². The monoisotopic (exact) mass is 345 g/mol. The van der Waals surface area contributed by atoms with Crippen LogP contribution in [0.4, 0.5) is 10.1 Å². The van der Waals surface area contributed by atoms with E-state index in [1.54, 1.807) is 19.1 Å². The number of carbonyl (C=O) groups is 1. The number of thiocarbonyl (C=S) groups is 1. The van der Waals surface area contributed by atoms with Gasteiger partial charge in [0.2, 0.25) is 5.91 Å². The second-order valence-electron chi connectivity index (χ2n) is 5.13. The Hall–Kier alpha value is -1.74. The summed E-state index contributed by atoms with van der Waals surface area (Å²) in [5.41, 5.74) is 5.79. The molecule has 1 atom stereocenters. The lowest BCUT2D eigenvalue weighted by molar-refractivity contribution is -0.124. The summed E-state index contributed by atoms with van der Waals surface area (Å²) in [5.74, 6) is -1.49. The van der Waals surface area contributed by atoms with Crippen LogP contribution in [0.2, 0.25) is 0 Å². The number of halogens is 1. The van der Waals surface area contributed by atoms with Crippen molar-refractivity contribution in [2.24, 2.45) is 5.92 Å². The molecule has 0 radical (unpaired) electrons. The first-order valence-corrected chi connectivity index (χ1v) is 8.83. The number of nitrogens with one attached hydrogen (secondary N) is 3. The maximum Gasteiger partial charge on any atom is 0.242 e. The van der Waals surface area contributed by atoms with Crippen LogP contribution < -0.4 is 16.2 Å². The van der Waals surface area contributed by atoms with Crippen LogP contribution in [0.15, 0.2) is 18.2 Å². The van der Waals surface area contributed by atoms with Gasteiger partial charge in [-0.1, -0.05) is 6.07 Å². The maximum atomic E-state index is 13.4. The van der Waals surface area contributed by atoms with Gasteiger partial charge in [-0.25, -0.2) is 12.8 Å². The van der Waals surface area contributed by atoms with Crippen molar-refractivity contribution in [3.8, 4) is 0 Å². The van der Waals surface area contributed by atoms with Crippen LogP contribution in [0.25, 0.3) is 0 Å². The van der Waals surface area contributed by atoms with E-state index >= 15 is 0 Å². The molecular formula is C13H16FN3O3S2. The molecule has 1 saturated heterocycles. The summed E-state index contributed by atoms with van der Waals surface area (Å²) in [5, 5.41) is 2.80. The number of sulfone groups is 1. The highest BCUT2D eigenvalue weighted by Crippen LogP contribution is 2.18. The van der Waals surface area contributed by atoms with Gasteiger partial charge >= 0.3 is 0 Å². The van der Waals surface area contributed by atoms with Gasteiger partial charge in [-0.05, 0) is 43.3 Å². The smallest absolute Gasteiger partial charge is 0.242 e. The molecule has 0 spiro atoms. The lowest BCUT2D eigenvalue weighted by Crippen LogP contribution is -2.46. The second kappa shape index (κ2) is 6.57. The van der Waals surface area contributed by atoms with Crippen LogP contribution in [-0.4, -0.2) is 30.9 Å². The number of carbonyl (C=O) groups excluding carboxylic acids is 1. The van der Waals surface area contributed by atoms with Crippen molar-refractivity contribution in [2.45, 2.75) is 13.3 Å². The molecule has 1 amide bonds. The number of hydrazine groups is 1. The molecule has 120 valence electrons. The van der Waals surface area contributed by atoms with E-state index in [4.69, 9.17) is 12.2 Å². The van der Waals surface area contributed by atoms with Gasteiger partial charge in [0.05, 0.1) is 17.4 Å². The van der Waals surface area contributed by atoms with Crippen molar-refractivity contribution < 1.29 is 17.6 Å². The Morgan fingerprint density at radius 2 is 2.09 bits per heavy atom. The average Bonchev–Trinajstić information content (AvgIpc) is 2.81. The third kappa shape index (κ3) is 4.38. The Morgan fingerprint density at radius 1 is 1.36 bits per heavy atom. The van der Waals surface area contributed by atoms with Crippen molar-refractivity contribution in [1.29, 1.82) is 0 Å². The number of benzene rings is 1. The standard InChI is InChI=1S/C13H16FN3O3S2/c1-8-2-3-10(6-11(8)14)15-13(21)17-16-12(18)9-4-5-22(19,20)7-9/h2-3,6,9H,4-5,7H2,1H3,(H,16,18)(H2,15,17,21)/t9-/m0/s1. The van der Waals surface area contributed by atoms with E-state index in [1.807, 2.05) is 0 Å². The highest BCUT2D eigenvalue weighted by Gasteiger charge is 2.32. The SMILES string of the molecule is Cc1ccc(NC(=S)NNC(=O)[C@H]2CCS(=O)(=O)C2)cc1F. The van der Waals surface area contributed by atoms with Gasteiger partial charge in [-0.2, -0.15) is 0 Å². The lowest BCUT2D eigenvalue weighted by atomic mass is 10.1. The molecule has 0 saturated carbocycles. The van der Waals surface area contributed by atoms with Crippen LogP contribution >= 0.6 is 12.2 Å². The summed E-state index contributed by atoms with van der Waals surface area (Å²) in [6.45, 7) is 1.64. The average molecular weight is 345 g/mol. The van der Waals surface area contributed by atoms with E-state index in [1.165, 1.54) is 6.07 Å². The minimum Gasteiger partial charge on any atom is -0.331 e. The molecule has 9 heteroatoms. The van der Waals surface area contributed by atoms with Crippen molar-refractivity contribution in [3.63, 3.8) is 0 Å².